The lowest BCUT2D eigenvalue weighted by Gasteiger charge is -2.13. The van der Waals surface area contributed by atoms with Crippen LogP contribution in [0, 0.1) is 5.92 Å². The number of rotatable bonds is 6. The molecule has 0 atom stereocenters. The molecule has 6 nitrogen and oxygen atoms in total. The van der Waals surface area contributed by atoms with Crippen LogP contribution < -0.4 is 15.5 Å². The van der Waals surface area contributed by atoms with Gasteiger partial charge in [0.25, 0.3) is 5.91 Å². The Kier molecular flexibility index (Phi) is 5.51. The maximum atomic E-state index is 12.3. The maximum absolute atomic E-state index is 12.3. The Bertz CT molecular complexity index is 652. The zero-order chi connectivity index (χ0) is 16.8. The van der Waals surface area contributed by atoms with Gasteiger partial charge < -0.3 is 15.5 Å². The van der Waals surface area contributed by atoms with Gasteiger partial charge in [-0.2, -0.15) is 0 Å². The number of nitrogens with zero attached hydrogens (tertiary/aromatic N) is 3. The molecule has 0 saturated heterocycles. The number of hydrogen-bond acceptors (Lipinski definition) is 5. The third-order valence-electron chi connectivity index (χ3n) is 3.20. The molecule has 0 fully saturated rings. The van der Waals surface area contributed by atoms with Crippen molar-refractivity contribution in [2.24, 2.45) is 5.92 Å². The van der Waals surface area contributed by atoms with Crippen molar-refractivity contribution in [3.63, 3.8) is 0 Å². The fourth-order valence-electron chi connectivity index (χ4n) is 1.90. The average Bonchev–Trinajstić information content (AvgIpc) is 2.53. The van der Waals surface area contributed by atoms with Crippen LogP contribution in [0.1, 0.15) is 24.3 Å². The molecule has 0 bridgehead atoms. The van der Waals surface area contributed by atoms with E-state index in [1.54, 1.807) is 12.3 Å². The molecule has 0 aliphatic carbocycles. The summed E-state index contributed by atoms with van der Waals surface area (Å²) in [6.45, 7) is 4.96. The molecule has 122 valence electrons. The first kappa shape index (κ1) is 16.7. The molecule has 0 saturated carbocycles. The van der Waals surface area contributed by atoms with Crippen LogP contribution in [0.4, 0.5) is 17.3 Å². The summed E-state index contributed by atoms with van der Waals surface area (Å²) in [7, 11) is 3.94. The molecule has 6 heteroatoms. The average molecular weight is 313 g/mol. The number of anilines is 3. The number of benzene rings is 1. The standard InChI is InChI=1S/C17H23N5O/c1-12(2)11-19-17-18-10-9-15(21-17)16(23)20-13-5-7-14(8-6-13)22(3)4/h5-10,12H,11H2,1-4H3,(H,20,23)(H,18,19,21). The zero-order valence-electron chi connectivity index (χ0n) is 14.0. The Morgan fingerprint density at radius 3 is 2.48 bits per heavy atom. The highest BCUT2D eigenvalue weighted by atomic mass is 16.1. The summed E-state index contributed by atoms with van der Waals surface area (Å²) in [5.74, 6) is 0.693. The van der Waals surface area contributed by atoms with Gasteiger partial charge in [0.15, 0.2) is 0 Å². The van der Waals surface area contributed by atoms with E-state index in [1.165, 1.54) is 0 Å². The molecule has 0 aliphatic rings. The third kappa shape index (κ3) is 4.95. The molecular formula is C17H23N5O. The van der Waals surface area contributed by atoms with E-state index in [1.807, 2.05) is 43.3 Å². The van der Waals surface area contributed by atoms with Crippen LogP contribution in [0.3, 0.4) is 0 Å². The predicted molar refractivity (Wildman–Crippen MR) is 94.1 cm³/mol. The number of carbonyl (C=O) groups is 1. The first-order chi connectivity index (χ1) is 11.0. The van der Waals surface area contributed by atoms with Crippen molar-refractivity contribution in [3.8, 4) is 0 Å². The smallest absolute Gasteiger partial charge is 0.274 e. The number of carbonyl (C=O) groups excluding carboxylic acids is 1. The summed E-state index contributed by atoms with van der Waals surface area (Å²) in [6, 6.07) is 9.24. The van der Waals surface area contributed by atoms with Crippen LogP contribution in [0.5, 0.6) is 0 Å². The fourth-order valence-corrected chi connectivity index (χ4v) is 1.90. The van der Waals surface area contributed by atoms with Crippen LogP contribution in [0.15, 0.2) is 36.5 Å². The van der Waals surface area contributed by atoms with E-state index in [2.05, 4.69) is 34.4 Å². The number of hydrogen-bond donors (Lipinski definition) is 2. The van der Waals surface area contributed by atoms with Crippen molar-refractivity contribution < 1.29 is 4.79 Å². The van der Waals surface area contributed by atoms with E-state index in [0.717, 1.165) is 17.9 Å². The summed E-state index contributed by atoms with van der Waals surface area (Å²) in [4.78, 5) is 22.7. The van der Waals surface area contributed by atoms with Crippen LogP contribution in [-0.2, 0) is 0 Å². The molecule has 23 heavy (non-hydrogen) atoms. The molecule has 2 aromatic rings. The van der Waals surface area contributed by atoms with E-state index in [-0.39, 0.29) is 5.91 Å². The van der Waals surface area contributed by atoms with Gasteiger partial charge in [-0.25, -0.2) is 9.97 Å². The molecule has 2 N–H and O–H groups in total. The first-order valence-electron chi connectivity index (χ1n) is 7.61. The minimum absolute atomic E-state index is 0.252. The van der Waals surface area contributed by atoms with Crippen LogP contribution >= 0.6 is 0 Å². The van der Waals surface area contributed by atoms with Crippen molar-refractivity contribution in [3.05, 3.63) is 42.2 Å². The Labute approximate surface area is 137 Å². The van der Waals surface area contributed by atoms with E-state index in [4.69, 9.17) is 0 Å². The van der Waals surface area contributed by atoms with Crippen molar-refractivity contribution in [2.45, 2.75) is 13.8 Å². The van der Waals surface area contributed by atoms with Crippen molar-refractivity contribution >= 4 is 23.2 Å². The quantitative estimate of drug-likeness (QED) is 0.858. The van der Waals surface area contributed by atoms with Gasteiger partial charge in [0.2, 0.25) is 5.95 Å². The monoisotopic (exact) mass is 313 g/mol. The lowest BCUT2D eigenvalue weighted by atomic mass is 10.2. The predicted octanol–water partition coefficient (Wildman–Crippen LogP) is 2.86. The molecule has 0 radical (unpaired) electrons. The topological polar surface area (TPSA) is 70.2 Å². The Balaban J connectivity index is 2.04. The number of nitrogens with one attached hydrogen (secondary N) is 2. The summed E-state index contributed by atoms with van der Waals surface area (Å²) in [5.41, 5.74) is 2.14. The second-order valence-corrected chi connectivity index (χ2v) is 5.94. The minimum Gasteiger partial charge on any atom is -0.378 e. The largest absolute Gasteiger partial charge is 0.378 e. The van der Waals surface area contributed by atoms with Gasteiger partial charge in [-0.05, 0) is 36.2 Å². The van der Waals surface area contributed by atoms with E-state index < -0.39 is 0 Å². The van der Waals surface area contributed by atoms with Crippen molar-refractivity contribution in [2.75, 3.05) is 36.2 Å². The third-order valence-corrected chi connectivity index (χ3v) is 3.20. The highest BCUT2D eigenvalue weighted by Crippen LogP contribution is 2.16. The molecule has 0 spiro atoms. The summed E-state index contributed by atoms with van der Waals surface area (Å²) in [5, 5.41) is 5.96. The Morgan fingerprint density at radius 2 is 1.87 bits per heavy atom. The zero-order valence-corrected chi connectivity index (χ0v) is 14.0. The second-order valence-electron chi connectivity index (χ2n) is 5.94. The maximum Gasteiger partial charge on any atom is 0.274 e. The molecule has 1 aromatic heterocycles. The molecule has 2 rings (SSSR count). The molecule has 0 unspecified atom stereocenters. The molecule has 0 aliphatic heterocycles. The second kappa shape index (κ2) is 7.58. The number of aromatic nitrogens is 2. The summed E-state index contributed by atoms with van der Waals surface area (Å²) >= 11 is 0. The fraction of sp³-hybridized carbons (Fsp3) is 0.353. The van der Waals surface area contributed by atoms with Gasteiger partial charge in [0.05, 0.1) is 0 Å². The van der Waals surface area contributed by atoms with Crippen molar-refractivity contribution in [1.82, 2.24) is 9.97 Å². The molecule has 1 amide bonds. The highest BCUT2D eigenvalue weighted by Gasteiger charge is 2.09. The molecular weight excluding hydrogens is 290 g/mol. The van der Waals surface area contributed by atoms with Gasteiger partial charge in [-0.1, -0.05) is 13.8 Å². The van der Waals surface area contributed by atoms with E-state index >= 15 is 0 Å². The Hall–Kier alpha value is -2.63. The van der Waals surface area contributed by atoms with Crippen LogP contribution in [-0.4, -0.2) is 36.5 Å². The lowest BCUT2D eigenvalue weighted by molar-refractivity contribution is 0.102. The van der Waals surface area contributed by atoms with E-state index in [9.17, 15) is 4.79 Å². The molecule has 1 aromatic carbocycles. The van der Waals surface area contributed by atoms with Gasteiger partial charge >= 0.3 is 0 Å². The summed E-state index contributed by atoms with van der Waals surface area (Å²) in [6.07, 6.45) is 1.58. The normalized spacial score (nSPS) is 10.5. The highest BCUT2D eigenvalue weighted by molar-refractivity contribution is 6.03. The Morgan fingerprint density at radius 1 is 1.17 bits per heavy atom. The summed E-state index contributed by atoms with van der Waals surface area (Å²) < 4.78 is 0. The van der Waals surface area contributed by atoms with E-state index in [0.29, 0.717) is 17.6 Å². The first-order valence-corrected chi connectivity index (χ1v) is 7.61. The van der Waals surface area contributed by atoms with Gasteiger partial charge in [-0.15, -0.1) is 0 Å². The van der Waals surface area contributed by atoms with Gasteiger partial charge in [0.1, 0.15) is 5.69 Å². The van der Waals surface area contributed by atoms with Gasteiger partial charge in [0, 0.05) is 38.2 Å². The molecule has 1 heterocycles. The minimum atomic E-state index is -0.252. The lowest BCUT2D eigenvalue weighted by Crippen LogP contribution is -2.16. The number of amides is 1. The van der Waals surface area contributed by atoms with Crippen LogP contribution in [0.2, 0.25) is 0 Å². The van der Waals surface area contributed by atoms with Gasteiger partial charge in [-0.3, -0.25) is 4.79 Å². The SMILES string of the molecule is CC(C)CNc1nccc(C(=O)Nc2ccc(N(C)C)cc2)n1. The van der Waals surface area contributed by atoms with Crippen molar-refractivity contribution in [1.29, 1.82) is 0 Å². The van der Waals surface area contributed by atoms with Crippen LogP contribution in [0.25, 0.3) is 0 Å².